The van der Waals surface area contributed by atoms with Gasteiger partial charge in [-0.05, 0) is 36.8 Å². The maximum Gasteiger partial charge on any atom is 0.263 e. The molecule has 1 aliphatic rings. The number of hydrogen-bond acceptors (Lipinski definition) is 5. The number of fused-ring (bicyclic) bond motifs is 1. The molecule has 1 unspecified atom stereocenters. The van der Waals surface area contributed by atoms with Gasteiger partial charge in [-0.25, -0.2) is 8.42 Å². The van der Waals surface area contributed by atoms with Crippen molar-refractivity contribution in [2.45, 2.75) is 18.8 Å². The Morgan fingerprint density at radius 3 is 2.60 bits per heavy atom. The summed E-state index contributed by atoms with van der Waals surface area (Å²) in [6, 6.07) is 12.2. The van der Waals surface area contributed by atoms with Gasteiger partial charge in [0, 0.05) is 28.1 Å². The highest BCUT2D eigenvalue weighted by Crippen LogP contribution is 2.35. The van der Waals surface area contributed by atoms with Crippen molar-refractivity contribution in [3.05, 3.63) is 58.1 Å². The van der Waals surface area contributed by atoms with Crippen LogP contribution in [0.4, 0.5) is 5.69 Å². The lowest BCUT2D eigenvalue weighted by atomic mass is 10.2. The maximum atomic E-state index is 12.6. The van der Waals surface area contributed by atoms with Crippen LogP contribution < -0.4 is 14.4 Å². The Hall–Kier alpha value is -1.61. The molecule has 0 bridgehead atoms. The molecule has 2 aromatic carbocycles. The van der Waals surface area contributed by atoms with Gasteiger partial charge in [0.25, 0.3) is 5.91 Å². The van der Waals surface area contributed by atoms with Gasteiger partial charge in [-0.15, -0.1) is 0 Å². The molecule has 1 N–H and O–H groups in total. The molecule has 0 saturated carbocycles. The standard InChI is InChI=1S/C20H22Cl2N2O4S2/c1-2-30(26,27)24-12-19(28-18-9-4-3-8-17(18)24)20(25)23-10-11-29-13-14-15(21)6-5-7-16(14)22/h3-9,19H,2,10-13H2,1H3,(H,23,25). The van der Waals surface area contributed by atoms with Gasteiger partial charge in [0.15, 0.2) is 6.10 Å². The topological polar surface area (TPSA) is 75.7 Å². The first-order chi connectivity index (χ1) is 14.3. The summed E-state index contributed by atoms with van der Waals surface area (Å²) in [5.41, 5.74) is 1.32. The number of nitrogens with one attached hydrogen (secondary N) is 1. The van der Waals surface area contributed by atoms with Gasteiger partial charge >= 0.3 is 0 Å². The molecule has 0 aromatic heterocycles. The first-order valence-corrected chi connectivity index (χ1v) is 12.9. The van der Waals surface area contributed by atoms with Crippen molar-refractivity contribution in [3.63, 3.8) is 0 Å². The lowest BCUT2D eigenvalue weighted by molar-refractivity contribution is -0.127. The minimum Gasteiger partial charge on any atom is -0.476 e. The van der Waals surface area contributed by atoms with Gasteiger partial charge in [-0.3, -0.25) is 9.10 Å². The van der Waals surface area contributed by atoms with Crippen molar-refractivity contribution < 1.29 is 17.9 Å². The van der Waals surface area contributed by atoms with Crippen LogP contribution in [0.3, 0.4) is 0 Å². The Labute approximate surface area is 190 Å². The van der Waals surface area contributed by atoms with Crippen molar-refractivity contribution >= 4 is 56.6 Å². The smallest absolute Gasteiger partial charge is 0.263 e. The number of benzene rings is 2. The number of sulfonamides is 1. The van der Waals surface area contributed by atoms with Gasteiger partial charge in [0.1, 0.15) is 5.75 Å². The number of hydrogen-bond donors (Lipinski definition) is 1. The molecule has 2 aromatic rings. The van der Waals surface area contributed by atoms with Crippen LogP contribution in [0.25, 0.3) is 0 Å². The molecule has 162 valence electrons. The van der Waals surface area contributed by atoms with Gasteiger partial charge in [-0.2, -0.15) is 11.8 Å². The van der Waals surface area contributed by atoms with Gasteiger partial charge < -0.3 is 10.1 Å². The van der Waals surface area contributed by atoms with Crippen LogP contribution in [0.1, 0.15) is 12.5 Å². The quantitative estimate of drug-likeness (QED) is 0.569. The van der Waals surface area contributed by atoms with E-state index in [1.54, 1.807) is 61.2 Å². The van der Waals surface area contributed by atoms with E-state index in [-0.39, 0.29) is 18.2 Å². The second-order valence-electron chi connectivity index (χ2n) is 6.55. The molecule has 6 nitrogen and oxygen atoms in total. The summed E-state index contributed by atoms with van der Waals surface area (Å²) in [7, 11) is -3.52. The highest BCUT2D eigenvalue weighted by molar-refractivity contribution is 7.98. The summed E-state index contributed by atoms with van der Waals surface area (Å²) in [5, 5.41) is 4.05. The predicted molar refractivity (Wildman–Crippen MR) is 123 cm³/mol. The van der Waals surface area contributed by atoms with E-state index in [2.05, 4.69) is 5.32 Å². The molecule has 0 saturated heterocycles. The summed E-state index contributed by atoms with van der Waals surface area (Å²) in [6.07, 6.45) is -0.913. The number of amides is 1. The van der Waals surface area contributed by atoms with Gasteiger partial charge in [0.05, 0.1) is 18.0 Å². The second-order valence-corrected chi connectivity index (χ2v) is 10.7. The number of nitrogens with zero attached hydrogens (tertiary/aromatic N) is 1. The number of halogens is 2. The van der Waals surface area contributed by atoms with E-state index in [4.69, 9.17) is 27.9 Å². The minimum absolute atomic E-state index is 0.0542. The van der Waals surface area contributed by atoms with Crippen molar-refractivity contribution in [1.29, 1.82) is 0 Å². The Kier molecular flexibility index (Phi) is 7.79. The third-order valence-corrected chi connectivity index (χ3v) is 8.02. The van der Waals surface area contributed by atoms with E-state index in [0.29, 0.717) is 39.5 Å². The molecule has 1 atom stereocenters. The van der Waals surface area contributed by atoms with Gasteiger partial charge in [0.2, 0.25) is 10.0 Å². The van der Waals surface area contributed by atoms with Crippen LogP contribution >= 0.6 is 35.0 Å². The first-order valence-electron chi connectivity index (χ1n) is 9.38. The lowest BCUT2D eigenvalue weighted by Gasteiger charge is -2.34. The number of anilines is 1. The molecule has 10 heteroatoms. The number of carbonyl (C=O) groups is 1. The van der Waals surface area contributed by atoms with Crippen LogP contribution in [-0.4, -0.2) is 45.0 Å². The third-order valence-electron chi connectivity index (χ3n) is 4.58. The van der Waals surface area contributed by atoms with Crippen LogP contribution in [0, 0.1) is 0 Å². The average molecular weight is 489 g/mol. The zero-order chi connectivity index (χ0) is 21.7. The number of para-hydroxylation sites is 2. The van der Waals surface area contributed by atoms with Crippen LogP contribution in [0.15, 0.2) is 42.5 Å². The summed E-state index contributed by atoms with van der Waals surface area (Å²) >= 11 is 13.9. The maximum absolute atomic E-state index is 12.6. The fourth-order valence-electron chi connectivity index (χ4n) is 2.96. The Morgan fingerprint density at radius 2 is 1.90 bits per heavy atom. The molecular weight excluding hydrogens is 467 g/mol. The third kappa shape index (κ3) is 5.35. The van der Waals surface area contributed by atoms with E-state index < -0.39 is 16.1 Å². The lowest BCUT2D eigenvalue weighted by Crippen LogP contribution is -2.51. The fourth-order valence-corrected chi connectivity index (χ4v) is 5.68. The minimum atomic E-state index is -3.52. The van der Waals surface area contributed by atoms with E-state index >= 15 is 0 Å². The molecule has 30 heavy (non-hydrogen) atoms. The SMILES string of the molecule is CCS(=O)(=O)N1CC(C(=O)NCCSCc2c(Cl)cccc2Cl)Oc2ccccc21. The molecule has 0 aliphatic carbocycles. The molecule has 0 radical (unpaired) electrons. The molecular formula is C20H22Cl2N2O4S2. The summed E-state index contributed by atoms with van der Waals surface area (Å²) in [5.74, 6) is 1.25. The van der Waals surface area contributed by atoms with Crippen molar-refractivity contribution in [2.24, 2.45) is 0 Å². The largest absolute Gasteiger partial charge is 0.476 e. The first kappa shape index (κ1) is 23.1. The average Bonchev–Trinajstić information content (AvgIpc) is 2.74. The number of ether oxygens (including phenoxy) is 1. The summed E-state index contributed by atoms with van der Waals surface area (Å²) in [6.45, 7) is 1.93. The zero-order valence-electron chi connectivity index (χ0n) is 16.3. The van der Waals surface area contributed by atoms with Crippen molar-refractivity contribution in [3.8, 4) is 5.75 Å². The molecule has 1 heterocycles. The van der Waals surface area contributed by atoms with E-state index in [1.165, 1.54) is 4.31 Å². The number of rotatable bonds is 8. The number of thioether (sulfide) groups is 1. The van der Waals surface area contributed by atoms with Crippen molar-refractivity contribution in [1.82, 2.24) is 5.32 Å². The van der Waals surface area contributed by atoms with E-state index in [0.717, 1.165) is 5.56 Å². The van der Waals surface area contributed by atoms with Crippen molar-refractivity contribution in [2.75, 3.05) is 28.9 Å². The van der Waals surface area contributed by atoms with E-state index in [9.17, 15) is 13.2 Å². The zero-order valence-corrected chi connectivity index (χ0v) is 19.5. The second kappa shape index (κ2) is 10.1. The highest BCUT2D eigenvalue weighted by atomic mass is 35.5. The monoisotopic (exact) mass is 488 g/mol. The van der Waals surface area contributed by atoms with Crippen LogP contribution in [0.2, 0.25) is 10.0 Å². The van der Waals surface area contributed by atoms with E-state index in [1.807, 2.05) is 0 Å². The fraction of sp³-hybridized carbons (Fsp3) is 0.350. The Bertz CT molecular complexity index is 997. The molecule has 0 fully saturated rings. The molecule has 0 spiro atoms. The number of carbonyl (C=O) groups excluding carboxylic acids is 1. The summed E-state index contributed by atoms with van der Waals surface area (Å²) < 4.78 is 32.0. The van der Waals surface area contributed by atoms with Gasteiger partial charge in [-0.1, -0.05) is 41.4 Å². The Morgan fingerprint density at radius 1 is 1.20 bits per heavy atom. The Balaban J connectivity index is 1.56. The highest BCUT2D eigenvalue weighted by Gasteiger charge is 2.35. The normalized spacial score (nSPS) is 16.0. The molecule has 3 rings (SSSR count). The molecule has 1 aliphatic heterocycles. The van der Waals surface area contributed by atoms with Crippen LogP contribution in [-0.2, 0) is 20.6 Å². The predicted octanol–water partition coefficient (Wildman–Crippen LogP) is 3.96. The molecule has 1 amide bonds. The summed E-state index contributed by atoms with van der Waals surface area (Å²) in [4.78, 5) is 12.6. The van der Waals surface area contributed by atoms with Crippen LogP contribution in [0.5, 0.6) is 5.75 Å².